The van der Waals surface area contributed by atoms with Crippen molar-refractivity contribution in [3.63, 3.8) is 0 Å². The summed E-state index contributed by atoms with van der Waals surface area (Å²) in [6.07, 6.45) is 6.12. The lowest BCUT2D eigenvalue weighted by atomic mass is 10.2. The second-order valence-electron chi connectivity index (χ2n) is 3.92. The zero-order valence-corrected chi connectivity index (χ0v) is 8.25. The molecule has 1 fully saturated rings. The highest BCUT2D eigenvalue weighted by atomic mass is 16.2. The van der Waals surface area contributed by atoms with Crippen LogP contribution in [0.3, 0.4) is 0 Å². The Hall–Kier alpha value is -1.32. The van der Waals surface area contributed by atoms with Crippen molar-refractivity contribution >= 4 is 0 Å². The van der Waals surface area contributed by atoms with E-state index in [4.69, 9.17) is 0 Å². The van der Waals surface area contributed by atoms with E-state index in [2.05, 4.69) is 4.98 Å². The first-order chi connectivity index (χ1) is 6.68. The van der Waals surface area contributed by atoms with Crippen LogP contribution in [0.5, 0.6) is 0 Å². The summed E-state index contributed by atoms with van der Waals surface area (Å²) in [5, 5.41) is 0. The van der Waals surface area contributed by atoms with Crippen LogP contribution in [0.15, 0.2) is 15.8 Å². The lowest BCUT2D eigenvalue weighted by Crippen LogP contribution is -2.32. The largest absolute Gasteiger partial charge is 0.328 e. The molecule has 2 rings (SSSR count). The summed E-state index contributed by atoms with van der Waals surface area (Å²) in [6, 6.07) is 0.290. The molecule has 0 aliphatic heterocycles. The minimum atomic E-state index is -0.274. The zero-order valence-electron chi connectivity index (χ0n) is 8.25. The SMILES string of the molecule is Cc1cn(C2CCCC2)c(=O)[nH]c1=O. The van der Waals surface area contributed by atoms with Crippen LogP contribution in [0.25, 0.3) is 0 Å². The molecule has 0 aromatic carbocycles. The first-order valence-corrected chi connectivity index (χ1v) is 5.00. The van der Waals surface area contributed by atoms with E-state index in [1.165, 1.54) is 12.8 Å². The van der Waals surface area contributed by atoms with Crippen LogP contribution in [0.4, 0.5) is 0 Å². The number of aromatic amines is 1. The predicted octanol–water partition coefficient (Wildman–Crippen LogP) is 0.960. The number of rotatable bonds is 1. The first kappa shape index (κ1) is 9.24. The van der Waals surface area contributed by atoms with Crippen molar-refractivity contribution in [1.29, 1.82) is 0 Å². The van der Waals surface area contributed by atoms with E-state index < -0.39 is 0 Å². The smallest absolute Gasteiger partial charge is 0.297 e. The van der Waals surface area contributed by atoms with E-state index in [1.54, 1.807) is 17.7 Å². The first-order valence-electron chi connectivity index (χ1n) is 5.00. The minimum Gasteiger partial charge on any atom is -0.297 e. The monoisotopic (exact) mass is 194 g/mol. The van der Waals surface area contributed by atoms with Crippen LogP contribution in [0, 0.1) is 6.92 Å². The van der Waals surface area contributed by atoms with Gasteiger partial charge in [-0.1, -0.05) is 12.8 Å². The van der Waals surface area contributed by atoms with Gasteiger partial charge in [0.15, 0.2) is 0 Å². The Bertz CT molecular complexity index is 438. The Morgan fingerprint density at radius 2 is 2.00 bits per heavy atom. The van der Waals surface area contributed by atoms with Crippen LogP contribution in [0.1, 0.15) is 37.3 Å². The fraction of sp³-hybridized carbons (Fsp3) is 0.600. The third kappa shape index (κ3) is 1.52. The Labute approximate surface area is 81.6 Å². The summed E-state index contributed by atoms with van der Waals surface area (Å²) in [6.45, 7) is 1.73. The number of nitrogens with zero attached hydrogens (tertiary/aromatic N) is 1. The van der Waals surface area contributed by atoms with E-state index >= 15 is 0 Å². The maximum atomic E-state index is 11.5. The molecule has 4 nitrogen and oxygen atoms in total. The second kappa shape index (κ2) is 3.44. The Morgan fingerprint density at radius 3 is 2.64 bits per heavy atom. The molecule has 0 amide bonds. The molecule has 1 saturated carbocycles. The average molecular weight is 194 g/mol. The normalized spacial score (nSPS) is 17.5. The number of hydrogen-bond donors (Lipinski definition) is 1. The van der Waals surface area contributed by atoms with Gasteiger partial charge in [-0.3, -0.25) is 14.3 Å². The van der Waals surface area contributed by atoms with E-state index in [9.17, 15) is 9.59 Å². The third-order valence-corrected chi connectivity index (χ3v) is 2.86. The van der Waals surface area contributed by atoms with Gasteiger partial charge >= 0.3 is 5.69 Å². The van der Waals surface area contributed by atoms with Gasteiger partial charge in [0.05, 0.1) is 0 Å². The Morgan fingerprint density at radius 1 is 1.36 bits per heavy atom. The molecule has 14 heavy (non-hydrogen) atoms. The number of aromatic nitrogens is 2. The number of H-pyrrole nitrogens is 1. The lowest BCUT2D eigenvalue weighted by Gasteiger charge is -2.12. The van der Waals surface area contributed by atoms with Crippen molar-refractivity contribution in [3.8, 4) is 0 Å². The van der Waals surface area contributed by atoms with Gasteiger partial charge < -0.3 is 0 Å². The van der Waals surface area contributed by atoms with E-state index in [0.29, 0.717) is 5.56 Å². The van der Waals surface area contributed by atoms with Crippen molar-refractivity contribution in [2.45, 2.75) is 38.6 Å². The highest BCUT2D eigenvalue weighted by Gasteiger charge is 2.18. The van der Waals surface area contributed by atoms with Crippen molar-refractivity contribution in [1.82, 2.24) is 9.55 Å². The Balaban J connectivity index is 2.47. The Kier molecular flexibility index (Phi) is 2.27. The molecule has 0 atom stereocenters. The van der Waals surface area contributed by atoms with Crippen LogP contribution < -0.4 is 11.2 Å². The molecule has 0 spiro atoms. The highest BCUT2D eigenvalue weighted by Crippen LogP contribution is 2.27. The molecular formula is C10H14N2O2. The molecule has 0 bridgehead atoms. The van der Waals surface area contributed by atoms with Gasteiger partial charge in [-0.2, -0.15) is 0 Å². The number of hydrogen-bond acceptors (Lipinski definition) is 2. The van der Waals surface area contributed by atoms with Crippen LogP contribution >= 0.6 is 0 Å². The summed E-state index contributed by atoms with van der Waals surface area (Å²) in [7, 11) is 0. The van der Waals surface area contributed by atoms with E-state index in [1.807, 2.05) is 0 Å². The fourth-order valence-electron chi connectivity index (χ4n) is 2.04. The molecule has 4 heteroatoms. The van der Waals surface area contributed by atoms with Gasteiger partial charge in [-0.05, 0) is 19.8 Å². The summed E-state index contributed by atoms with van der Waals surface area (Å²) in [4.78, 5) is 25.0. The standard InChI is InChI=1S/C10H14N2O2/c1-7-6-12(8-4-2-3-5-8)10(14)11-9(7)13/h6,8H,2-5H2,1H3,(H,11,13,14). The van der Waals surface area contributed by atoms with Crippen molar-refractivity contribution in [2.24, 2.45) is 0 Å². The molecule has 0 unspecified atom stereocenters. The molecule has 0 radical (unpaired) electrons. The van der Waals surface area contributed by atoms with Crippen molar-refractivity contribution in [2.75, 3.05) is 0 Å². The predicted molar refractivity (Wildman–Crippen MR) is 53.6 cm³/mol. The molecular weight excluding hydrogens is 180 g/mol. The average Bonchev–Trinajstić information content (AvgIpc) is 2.64. The quantitative estimate of drug-likeness (QED) is 0.724. The maximum absolute atomic E-state index is 11.5. The maximum Gasteiger partial charge on any atom is 0.328 e. The van der Waals surface area contributed by atoms with Gasteiger partial charge in [0.25, 0.3) is 5.56 Å². The van der Waals surface area contributed by atoms with Gasteiger partial charge in [-0.25, -0.2) is 4.79 Å². The molecule has 1 N–H and O–H groups in total. The molecule has 0 saturated heterocycles. The molecule has 1 aliphatic rings. The van der Waals surface area contributed by atoms with E-state index in [-0.39, 0.29) is 17.3 Å². The van der Waals surface area contributed by atoms with Crippen LogP contribution in [-0.4, -0.2) is 9.55 Å². The number of aryl methyl sites for hydroxylation is 1. The molecule has 1 aliphatic carbocycles. The second-order valence-corrected chi connectivity index (χ2v) is 3.92. The van der Waals surface area contributed by atoms with Gasteiger partial charge in [-0.15, -0.1) is 0 Å². The number of nitrogens with one attached hydrogen (secondary N) is 1. The zero-order chi connectivity index (χ0) is 10.1. The third-order valence-electron chi connectivity index (χ3n) is 2.86. The molecule has 1 aromatic heterocycles. The minimum absolute atomic E-state index is 0.271. The van der Waals surface area contributed by atoms with Gasteiger partial charge in [0.1, 0.15) is 0 Å². The summed E-state index contributed by atoms with van der Waals surface area (Å²) < 4.78 is 1.67. The lowest BCUT2D eigenvalue weighted by molar-refractivity contribution is 0.489. The summed E-state index contributed by atoms with van der Waals surface area (Å²) in [5.74, 6) is 0. The van der Waals surface area contributed by atoms with Crippen molar-refractivity contribution in [3.05, 3.63) is 32.6 Å². The highest BCUT2D eigenvalue weighted by molar-refractivity contribution is 5.02. The van der Waals surface area contributed by atoms with Crippen molar-refractivity contribution < 1.29 is 0 Å². The molecule has 76 valence electrons. The van der Waals surface area contributed by atoms with Crippen LogP contribution in [-0.2, 0) is 0 Å². The summed E-state index contributed by atoms with van der Waals surface area (Å²) >= 11 is 0. The topological polar surface area (TPSA) is 54.9 Å². The van der Waals surface area contributed by atoms with Gasteiger partial charge in [0.2, 0.25) is 0 Å². The fourth-order valence-corrected chi connectivity index (χ4v) is 2.04. The van der Waals surface area contributed by atoms with E-state index in [0.717, 1.165) is 12.8 Å². The summed E-state index contributed by atoms with van der Waals surface area (Å²) in [5.41, 5.74) is 0.0632. The molecule has 1 heterocycles. The van der Waals surface area contributed by atoms with Gasteiger partial charge in [0, 0.05) is 17.8 Å². The molecule has 1 aromatic rings. The van der Waals surface area contributed by atoms with Crippen LogP contribution in [0.2, 0.25) is 0 Å².